The fourth-order valence-corrected chi connectivity index (χ4v) is 1.14. The lowest BCUT2D eigenvalue weighted by atomic mass is 10.00. The van der Waals surface area contributed by atoms with Crippen LogP contribution in [0.25, 0.3) is 0 Å². The van der Waals surface area contributed by atoms with E-state index in [1.54, 1.807) is 19.1 Å². The Hall–Kier alpha value is -0.900. The van der Waals surface area contributed by atoms with Gasteiger partial charge in [0.05, 0.1) is 18.2 Å². The molecule has 0 aliphatic heterocycles. The minimum Gasteiger partial charge on any atom is -0.392 e. The molecule has 0 aromatic heterocycles. The SMILES string of the molecule is CC(O)[C@H](N)[C@@H](O)c1ccccc1. The first-order valence-electron chi connectivity index (χ1n) is 4.29. The number of rotatable bonds is 3. The van der Waals surface area contributed by atoms with Crippen LogP contribution in [-0.4, -0.2) is 22.4 Å². The van der Waals surface area contributed by atoms with Gasteiger partial charge >= 0.3 is 0 Å². The summed E-state index contributed by atoms with van der Waals surface area (Å²) in [6.45, 7) is 1.57. The zero-order chi connectivity index (χ0) is 9.84. The summed E-state index contributed by atoms with van der Waals surface area (Å²) in [5, 5.41) is 18.8. The second-order valence-corrected chi connectivity index (χ2v) is 3.17. The maximum absolute atomic E-state index is 9.67. The molecule has 0 saturated carbocycles. The van der Waals surface area contributed by atoms with Gasteiger partial charge in [-0.1, -0.05) is 30.3 Å². The first-order chi connectivity index (χ1) is 6.13. The summed E-state index contributed by atoms with van der Waals surface area (Å²) < 4.78 is 0. The van der Waals surface area contributed by atoms with Crippen molar-refractivity contribution in [3.8, 4) is 0 Å². The molecule has 0 aliphatic carbocycles. The molecule has 0 amide bonds. The summed E-state index contributed by atoms with van der Waals surface area (Å²) in [7, 11) is 0. The Bertz CT molecular complexity index is 248. The Morgan fingerprint density at radius 1 is 1.15 bits per heavy atom. The highest BCUT2D eigenvalue weighted by molar-refractivity contribution is 5.18. The maximum Gasteiger partial charge on any atom is 0.0966 e. The molecule has 1 aromatic rings. The Balaban J connectivity index is 2.73. The number of hydrogen-bond donors (Lipinski definition) is 3. The zero-order valence-corrected chi connectivity index (χ0v) is 7.59. The molecule has 4 N–H and O–H groups in total. The Morgan fingerprint density at radius 3 is 2.15 bits per heavy atom. The molecule has 0 radical (unpaired) electrons. The van der Waals surface area contributed by atoms with Gasteiger partial charge in [-0.2, -0.15) is 0 Å². The van der Waals surface area contributed by atoms with Gasteiger partial charge in [-0.25, -0.2) is 0 Å². The third-order valence-corrected chi connectivity index (χ3v) is 2.06. The normalized spacial score (nSPS) is 17.8. The molecule has 72 valence electrons. The molecule has 0 aliphatic rings. The summed E-state index contributed by atoms with van der Waals surface area (Å²) in [6, 6.07) is 8.45. The molecular formula is C10H15NO2. The summed E-state index contributed by atoms with van der Waals surface area (Å²) >= 11 is 0. The van der Waals surface area contributed by atoms with E-state index in [0.29, 0.717) is 0 Å². The Morgan fingerprint density at radius 2 is 1.69 bits per heavy atom. The van der Waals surface area contributed by atoms with E-state index >= 15 is 0 Å². The topological polar surface area (TPSA) is 66.5 Å². The van der Waals surface area contributed by atoms with E-state index in [0.717, 1.165) is 5.56 Å². The van der Waals surface area contributed by atoms with E-state index in [1.165, 1.54) is 0 Å². The highest BCUT2D eigenvalue weighted by Crippen LogP contribution is 2.16. The first-order valence-corrected chi connectivity index (χ1v) is 4.29. The predicted octanol–water partition coefficient (Wildman–Crippen LogP) is 0.428. The first kappa shape index (κ1) is 10.2. The third kappa shape index (κ3) is 2.52. The van der Waals surface area contributed by atoms with Gasteiger partial charge in [0.15, 0.2) is 0 Å². The Labute approximate surface area is 77.8 Å². The van der Waals surface area contributed by atoms with Crippen molar-refractivity contribution >= 4 is 0 Å². The van der Waals surface area contributed by atoms with Crippen molar-refractivity contribution in [2.45, 2.75) is 25.2 Å². The number of benzene rings is 1. The van der Waals surface area contributed by atoms with Crippen molar-refractivity contribution in [2.75, 3.05) is 0 Å². The number of hydrogen-bond acceptors (Lipinski definition) is 3. The van der Waals surface area contributed by atoms with Crippen molar-refractivity contribution < 1.29 is 10.2 Å². The standard InChI is InChI=1S/C10H15NO2/c1-7(12)9(11)10(13)8-5-3-2-4-6-8/h2-7,9-10,12-13H,11H2,1H3/t7?,9-,10-/m0/s1. The number of aliphatic hydroxyl groups excluding tert-OH is 2. The molecule has 0 spiro atoms. The zero-order valence-electron chi connectivity index (χ0n) is 7.59. The van der Waals surface area contributed by atoms with Crippen LogP contribution in [0, 0.1) is 0 Å². The smallest absolute Gasteiger partial charge is 0.0966 e. The number of nitrogens with two attached hydrogens (primary N) is 1. The van der Waals surface area contributed by atoms with E-state index < -0.39 is 18.2 Å². The van der Waals surface area contributed by atoms with E-state index in [1.807, 2.05) is 18.2 Å². The van der Waals surface area contributed by atoms with Crippen LogP contribution in [0.4, 0.5) is 0 Å². The van der Waals surface area contributed by atoms with Crippen LogP contribution in [0.1, 0.15) is 18.6 Å². The molecule has 13 heavy (non-hydrogen) atoms. The van der Waals surface area contributed by atoms with Crippen LogP contribution in [-0.2, 0) is 0 Å². The quantitative estimate of drug-likeness (QED) is 0.633. The van der Waals surface area contributed by atoms with Crippen LogP contribution >= 0.6 is 0 Å². The molecule has 1 unspecified atom stereocenters. The van der Waals surface area contributed by atoms with E-state index in [2.05, 4.69) is 0 Å². The molecule has 0 bridgehead atoms. The molecule has 1 rings (SSSR count). The summed E-state index contributed by atoms with van der Waals surface area (Å²) in [5.74, 6) is 0. The van der Waals surface area contributed by atoms with E-state index in [-0.39, 0.29) is 0 Å². The third-order valence-electron chi connectivity index (χ3n) is 2.06. The monoisotopic (exact) mass is 181 g/mol. The fourth-order valence-electron chi connectivity index (χ4n) is 1.14. The predicted molar refractivity (Wildman–Crippen MR) is 51.1 cm³/mol. The Kier molecular flexibility index (Phi) is 3.42. The van der Waals surface area contributed by atoms with Crippen molar-refractivity contribution in [3.63, 3.8) is 0 Å². The summed E-state index contributed by atoms with van der Waals surface area (Å²) in [6.07, 6.45) is -1.52. The molecule has 0 saturated heterocycles. The highest BCUT2D eigenvalue weighted by atomic mass is 16.3. The van der Waals surface area contributed by atoms with Crippen LogP contribution in [0.5, 0.6) is 0 Å². The van der Waals surface area contributed by atoms with Crippen LogP contribution < -0.4 is 5.73 Å². The molecule has 0 heterocycles. The molecule has 1 aromatic carbocycles. The lowest BCUT2D eigenvalue weighted by Crippen LogP contribution is -2.38. The van der Waals surface area contributed by atoms with Crippen molar-refractivity contribution in [1.82, 2.24) is 0 Å². The van der Waals surface area contributed by atoms with Gasteiger partial charge < -0.3 is 15.9 Å². The number of aliphatic hydroxyl groups is 2. The van der Waals surface area contributed by atoms with E-state index in [4.69, 9.17) is 10.8 Å². The van der Waals surface area contributed by atoms with Crippen molar-refractivity contribution in [2.24, 2.45) is 5.73 Å². The van der Waals surface area contributed by atoms with Crippen LogP contribution in [0.3, 0.4) is 0 Å². The van der Waals surface area contributed by atoms with Crippen LogP contribution in [0.15, 0.2) is 30.3 Å². The molecule has 3 heteroatoms. The molecule has 3 nitrogen and oxygen atoms in total. The van der Waals surface area contributed by atoms with Gasteiger partial charge in [0.1, 0.15) is 0 Å². The second-order valence-electron chi connectivity index (χ2n) is 3.17. The maximum atomic E-state index is 9.67. The highest BCUT2D eigenvalue weighted by Gasteiger charge is 2.20. The largest absolute Gasteiger partial charge is 0.392 e. The van der Waals surface area contributed by atoms with E-state index in [9.17, 15) is 5.11 Å². The lowest BCUT2D eigenvalue weighted by Gasteiger charge is -2.21. The van der Waals surface area contributed by atoms with Gasteiger partial charge in [-0.3, -0.25) is 0 Å². The van der Waals surface area contributed by atoms with Gasteiger partial charge in [0.25, 0.3) is 0 Å². The summed E-state index contributed by atoms with van der Waals surface area (Å²) in [5.41, 5.74) is 6.32. The van der Waals surface area contributed by atoms with Crippen molar-refractivity contribution in [3.05, 3.63) is 35.9 Å². The molecular weight excluding hydrogens is 166 g/mol. The van der Waals surface area contributed by atoms with Gasteiger partial charge in [-0.15, -0.1) is 0 Å². The molecule has 0 fully saturated rings. The van der Waals surface area contributed by atoms with Gasteiger partial charge in [-0.05, 0) is 12.5 Å². The summed E-state index contributed by atoms with van der Waals surface area (Å²) in [4.78, 5) is 0. The minimum absolute atomic E-state index is 0.637. The average molecular weight is 181 g/mol. The fraction of sp³-hybridized carbons (Fsp3) is 0.400. The average Bonchev–Trinajstić information content (AvgIpc) is 2.17. The molecule has 3 atom stereocenters. The lowest BCUT2D eigenvalue weighted by molar-refractivity contribution is 0.0650. The van der Waals surface area contributed by atoms with Gasteiger partial charge in [0, 0.05) is 0 Å². The minimum atomic E-state index is -0.804. The second kappa shape index (κ2) is 4.37. The van der Waals surface area contributed by atoms with Crippen LogP contribution in [0.2, 0.25) is 0 Å². The van der Waals surface area contributed by atoms with Gasteiger partial charge in [0.2, 0.25) is 0 Å². The van der Waals surface area contributed by atoms with Crippen molar-refractivity contribution in [1.29, 1.82) is 0 Å².